The van der Waals surface area contributed by atoms with Gasteiger partial charge in [0.25, 0.3) is 0 Å². The number of esters is 1. The van der Waals surface area contributed by atoms with Gasteiger partial charge in [-0.3, -0.25) is 9.59 Å². The Morgan fingerprint density at radius 1 is 0.938 bits per heavy atom. The Morgan fingerprint density at radius 2 is 1.44 bits per heavy atom. The monoisotopic (exact) mass is 228 g/mol. The molecule has 0 aliphatic rings. The van der Waals surface area contributed by atoms with Crippen molar-refractivity contribution in [2.45, 2.75) is 54.4 Å². The van der Waals surface area contributed by atoms with Gasteiger partial charge >= 0.3 is 5.97 Å². The highest BCUT2D eigenvalue weighted by molar-refractivity contribution is 5.86. The number of hydrogen-bond donors (Lipinski definition) is 0. The lowest BCUT2D eigenvalue weighted by molar-refractivity contribution is -0.147. The summed E-state index contributed by atoms with van der Waals surface area (Å²) in [6.07, 6.45) is 0.457. The fourth-order valence-electron chi connectivity index (χ4n) is 0.960. The SMILES string of the molecule is CC(C)(C)COC(=O)CCC(=O)C(C)(C)C. The first-order valence-electron chi connectivity index (χ1n) is 5.71. The molecule has 0 saturated heterocycles. The van der Waals surface area contributed by atoms with Gasteiger partial charge < -0.3 is 4.74 Å². The molecule has 3 heteroatoms. The predicted molar refractivity (Wildman–Crippen MR) is 64.1 cm³/mol. The van der Waals surface area contributed by atoms with Crippen LogP contribution in [-0.4, -0.2) is 18.4 Å². The Balaban J connectivity index is 3.88. The molecule has 0 unspecified atom stereocenters. The third-order valence-electron chi connectivity index (χ3n) is 2.06. The van der Waals surface area contributed by atoms with E-state index in [0.717, 1.165) is 0 Å². The fraction of sp³-hybridized carbons (Fsp3) is 0.846. The lowest BCUT2D eigenvalue weighted by Gasteiger charge is -2.19. The van der Waals surface area contributed by atoms with Gasteiger partial charge in [0.2, 0.25) is 0 Å². The third-order valence-corrected chi connectivity index (χ3v) is 2.06. The molecule has 0 radical (unpaired) electrons. The maximum absolute atomic E-state index is 11.6. The van der Waals surface area contributed by atoms with Crippen LogP contribution in [0.3, 0.4) is 0 Å². The smallest absolute Gasteiger partial charge is 0.306 e. The lowest BCUT2D eigenvalue weighted by atomic mass is 9.88. The van der Waals surface area contributed by atoms with E-state index in [1.54, 1.807) is 0 Å². The summed E-state index contributed by atoms with van der Waals surface area (Å²) in [5.41, 5.74) is -0.395. The van der Waals surface area contributed by atoms with Gasteiger partial charge in [0.15, 0.2) is 0 Å². The van der Waals surface area contributed by atoms with Crippen LogP contribution in [0.25, 0.3) is 0 Å². The summed E-state index contributed by atoms with van der Waals surface area (Å²) >= 11 is 0. The van der Waals surface area contributed by atoms with E-state index >= 15 is 0 Å². The Bertz CT molecular complexity index is 253. The molecule has 16 heavy (non-hydrogen) atoms. The standard InChI is InChI=1S/C13H24O3/c1-12(2,3)9-16-11(15)8-7-10(14)13(4,5)6/h7-9H2,1-6H3. The number of rotatable bonds is 4. The summed E-state index contributed by atoms with van der Waals surface area (Å²) in [5, 5.41) is 0. The topological polar surface area (TPSA) is 43.4 Å². The lowest BCUT2D eigenvalue weighted by Crippen LogP contribution is -2.22. The molecule has 0 rings (SSSR count). The molecular formula is C13H24O3. The van der Waals surface area contributed by atoms with E-state index in [4.69, 9.17) is 4.74 Å². The molecule has 0 aliphatic carbocycles. The number of hydrogen-bond acceptors (Lipinski definition) is 3. The Kier molecular flexibility index (Phi) is 5.17. The van der Waals surface area contributed by atoms with Crippen molar-refractivity contribution in [2.24, 2.45) is 10.8 Å². The normalized spacial score (nSPS) is 12.4. The molecule has 3 nitrogen and oxygen atoms in total. The van der Waals surface area contributed by atoms with E-state index in [9.17, 15) is 9.59 Å². The number of carbonyl (C=O) groups is 2. The number of ether oxygens (including phenoxy) is 1. The number of ketones is 1. The maximum Gasteiger partial charge on any atom is 0.306 e. The Labute approximate surface area is 98.6 Å². The van der Waals surface area contributed by atoms with Gasteiger partial charge in [-0.15, -0.1) is 0 Å². The van der Waals surface area contributed by atoms with Crippen LogP contribution >= 0.6 is 0 Å². The van der Waals surface area contributed by atoms with Gasteiger partial charge in [0.1, 0.15) is 5.78 Å². The van der Waals surface area contributed by atoms with Crippen LogP contribution in [0.15, 0.2) is 0 Å². The van der Waals surface area contributed by atoms with Crippen molar-refractivity contribution < 1.29 is 14.3 Å². The molecular weight excluding hydrogens is 204 g/mol. The Hall–Kier alpha value is -0.860. The summed E-state index contributed by atoms with van der Waals surface area (Å²) in [5.74, 6) is -0.187. The summed E-state index contributed by atoms with van der Waals surface area (Å²) in [7, 11) is 0. The molecule has 0 bridgehead atoms. The summed E-state index contributed by atoms with van der Waals surface area (Å²) < 4.78 is 5.08. The van der Waals surface area contributed by atoms with Crippen molar-refractivity contribution in [1.82, 2.24) is 0 Å². The fourth-order valence-corrected chi connectivity index (χ4v) is 0.960. The van der Waals surface area contributed by atoms with Crippen molar-refractivity contribution in [3.05, 3.63) is 0 Å². The van der Waals surface area contributed by atoms with E-state index < -0.39 is 0 Å². The van der Waals surface area contributed by atoms with Gasteiger partial charge in [0.05, 0.1) is 13.0 Å². The minimum absolute atomic E-state index is 0.0241. The van der Waals surface area contributed by atoms with E-state index in [0.29, 0.717) is 6.61 Å². The summed E-state index contributed by atoms with van der Waals surface area (Å²) in [4.78, 5) is 22.9. The quantitative estimate of drug-likeness (QED) is 0.695. The molecule has 0 aromatic rings. The van der Waals surface area contributed by atoms with Crippen molar-refractivity contribution >= 4 is 11.8 Å². The Morgan fingerprint density at radius 3 is 1.81 bits per heavy atom. The average Bonchev–Trinajstić information content (AvgIpc) is 2.08. The highest BCUT2D eigenvalue weighted by Crippen LogP contribution is 2.18. The molecule has 0 aliphatic heterocycles. The van der Waals surface area contributed by atoms with Crippen molar-refractivity contribution in [3.8, 4) is 0 Å². The molecule has 0 spiro atoms. The van der Waals surface area contributed by atoms with Crippen molar-refractivity contribution in [3.63, 3.8) is 0 Å². The zero-order valence-electron chi connectivity index (χ0n) is 11.3. The van der Waals surface area contributed by atoms with Crippen LogP contribution in [0.4, 0.5) is 0 Å². The first-order chi connectivity index (χ1) is 7.02. The van der Waals surface area contributed by atoms with E-state index in [1.165, 1.54) is 0 Å². The van der Waals surface area contributed by atoms with E-state index in [-0.39, 0.29) is 35.4 Å². The molecule has 0 heterocycles. The van der Waals surface area contributed by atoms with Crippen LogP contribution in [-0.2, 0) is 14.3 Å². The zero-order valence-corrected chi connectivity index (χ0v) is 11.3. The van der Waals surface area contributed by atoms with Crippen LogP contribution in [0.2, 0.25) is 0 Å². The molecule has 0 N–H and O–H groups in total. The zero-order chi connectivity index (χ0) is 13.0. The number of Topliss-reactive ketones (excluding diaryl/α,β-unsaturated/α-hetero) is 1. The van der Waals surface area contributed by atoms with Gasteiger partial charge in [-0.25, -0.2) is 0 Å². The van der Waals surface area contributed by atoms with Crippen LogP contribution < -0.4 is 0 Å². The highest BCUT2D eigenvalue weighted by atomic mass is 16.5. The van der Waals surface area contributed by atoms with Crippen LogP contribution in [0.1, 0.15) is 54.4 Å². The van der Waals surface area contributed by atoms with Crippen molar-refractivity contribution in [2.75, 3.05) is 6.61 Å². The summed E-state index contributed by atoms with van der Waals surface area (Å²) in [6.45, 7) is 12.0. The minimum Gasteiger partial charge on any atom is -0.465 e. The van der Waals surface area contributed by atoms with Gasteiger partial charge in [0, 0.05) is 11.8 Å². The van der Waals surface area contributed by atoms with Crippen LogP contribution in [0.5, 0.6) is 0 Å². The second-order valence-corrected chi connectivity index (χ2v) is 6.39. The molecule has 94 valence electrons. The summed E-state index contributed by atoms with van der Waals surface area (Å²) in [6, 6.07) is 0. The minimum atomic E-state index is -0.371. The predicted octanol–water partition coefficient (Wildman–Crippen LogP) is 2.97. The molecule has 0 saturated carbocycles. The van der Waals surface area contributed by atoms with Gasteiger partial charge in [-0.05, 0) is 5.41 Å². The molecule has 0 aromatic heterocycles. The van der Waals surface area contributed by atoms with Crippen molar-refractivity contribution in [1.29, 1.82) is 0 Å². The average molecular weight is 228 g/mol. The first kappa shape index (κ1) is 15.1. The maximum atomic E-state index is 11.6. The second-order valence-electron chi connectivity index (χ2n) is 6.39. The molecule has 0 aromatic carbocycles. The number of carbonyl (C=O) groups excluding carboxylic acids is 2. The van der Waals surface area contributed by atoms with Gasteiger partial charge in [-0.2, -0.15) is 0 Å². The third kappa shape index (κ3) is 7.43. The second kappa shape index (κ2) is 5.46. The highest BCUT2D eigenvalue weighted by Gasteiger charge is 2.22. The molecule has 0 atom stereocenters. The van der Waals surface area contributed by atoms with Crippen LogP contribution in [0, 0.1) is 10.8 Å². The largest absolute Gasteiger partial charge is 0.465 e. The first-order valence-corrected chi connectivity index (χ1v) is 5.71. The van der Waals surface area contributed by atoms with E-state index in [1.807, 2.05) is 41.5 Å². The van der Waals surface area contributed by atoms with Gasteiger partial charge in [-0.1, -0.05) is 41.5 Å². The van der Waals surface area contributed by atoms with E-state index in [2.05, 4.69) is 0 Å². The molecule has 0 amide bonds. The molecule has 0 fully saturated rings.